The number of carbonyl (C=O) groups is 1. The third-order valence-corrected chi connectivity index (χ3v) is 3.34. The minimum absolute atomic E-state index is 0.0801. The molecule has 1 rings (SSSR count). The van der Waals surface area contributed by atoms with Crippen LogP contribution in [0.3, 0.4) is 0 Å². The van der Waals surface area contributed by atoms with Crippen LogP contribution in [0.25, 0.3) is 0 Å². The molecule has 0 unspecified atom stereocenters. The summed E-state index contributed by atoms with van der Waals surface area (Å²) in [5, 5.41) is 3.63. The number of carbonyl (C=O) groups excluding carboxylic acids is 1. The summed E-state index contributed by atoms with van der Waals surface area (Å²) in [7, 11) is 2.06. The molecule has 0 fully saturated rings. The van der Waals surface area contributed by atoms with Crippen LogP contribution in [0, 0.1) is 0 Å². The van der Waals surface area contributed by atoms with Gasteiger partial charge in [0.25, 0.3) is 0 Å². The van der Waals surface area contributed by atoms with Crippen LogP contribution in [0.2, 0.25) is 0 Å². The van der Waals surface area contributed by atoms with Gasteiger partial charge in [-0.2, -0.15) is 0 Å². The molecule has 92 valence electrons. The van der Waals surface area contributed by atoms with Gasteiger partial charge in [-0.05, 0) is 20.0 Å². The second kappa shape index (κ2) is 7.68. The van der Waals surface area contributed by atoms with Gasteiger partial charge in [-0.15, -0.1) is 0 Å². The largest absolute Gasteiger partial charge is 0.306 e. The highest BCUT2D eigenvalue weighted by atomic mass is 32.2. The molecule has 0 saturated heterocycles. The summed E-state index contributed by atoms with van der Waals surface area (Å²) in [4.78, 5) is 17.9. The average Bonchev–Trinajstić information content (AvgIpc) is 2.76. The van der Waals surface area contributed by atoms with E-state index < -0.39 is 0 Å². The summed E-state index contributed by atoms with van der Waals surface area (Å²) < 4.78 is 0. The summed E-state index contributed by atoms with van der Waals surface area (Å²) in [6.07, 6.45) is 2.95. The Balaban J connectivity index is 2.09. The summed E-state index contributed by atoms with van der Waals surface area (Å²) in [6.45, 7) is 4.90. The third-order valence-electron chi connectivity index (χ3n) is 2.45. The van der Waals surface area contributed by atoms with Crippen LogP contribution in [0.4, 0.5) is 0 Å². The molecule has 0 aromatic heterocycles. The fraction of sp³-hybridized carbons (Fsp3) is 0.818. The quantitative estimate of drug-likeness (QED) is 0.765. The lowest BCUT2D eigenvalue weighted by Crippen LogP contribution is -2.31. The highest BCUT2D eigenvalue weighted by molar-refractivity contribution is 8.14. The molecule has 5 heteroatoms. The van der Waals surface area contributed by atoms with Gasteiger partial charge in [0.1, 0.15) is 0 Å². The summed E-state index contributed by atoms with van der Waals surface area (Å²) >= 11 is 1.62. The lowest BCUT2D eigenvalue weighted by atomic mass is 10.3. The van der Waals surface area contributed by atoms with Gasteiger partial charge in [-0.3, -0.25) is 9.79 Å². The average molecular weight is 243 g/mol. The maximum atomic E-state index is 11.5. The second-order valence-corrected chi connectivity index (χ2v) is 5.07. The van der Waals surface area contributed by atoms with Crippen LogP contribution in [-0.2, 0) is 4.79 Å². The molecule has 0 bridgehead atoms. The first kappa shape index (κ1) is 13.5. The highest BCUT2D eigenvalue weighted by Gasteiger charge is 2.11. The Kier molecular flexibility index (Phi) is 6.49. The van der Waals surface area contributed by atoms with Crippen LogP contribution < -0.4 is 5.32 Å². The number of rotatable bonds is 6. The molecule has 0 saturated carbocycles. The van der Waals surface area contributed by atoms with Gasteiger partial charge in [0.2, 0.25) is 5.91 Å². The van der Waals surface area contributed by atoms with Crippen molar-refractivity contribution in [1.29, 1.82) is 0 Å². The van der Waals surface area contributed by atoms with E-state index in [1.807, 2.05) is 0 Å². The van der Waals surface area contributed by atoms with Crippen LogP contribution in [0.5, 0.6) is 0 Å². The van der Waals surface area contributed by atoms with Crippen molar-refractivity contribution in [3.63, 3.8) is 0 Å². The van der Waals surface area contributed by atoms with E-state index >= 15 is 0 Å². The number of aliphatic imine (C=N–C) groups is 1. The van der Waals surface area contributed by atoms with Crippen molar-refractivity contribution in [3.8, 4) is 0 Å². The first-order valence-electron chi connectivity index (χ1n) is 5.88. The Morgan fingerprint density at radius 3 is 3.00 bits per heavy atom. The number of hydrogen-bond acceptors (Lipinski definition) is 4. The van der Waals surface area contributed by atoms with E-state index in [-0.39, 0.29) is 5.91 Å². The standard InChI is InChI=1S/C11H21N3OS/c1-3-4-7-14(2)8-5-10(15)13-11-12-6-9-16-11/h3-9H2,1-2H3,(H,12,13,15). The Morgan fingerprint density at radius 1 is 1.56 bits per heavy atom. The summed E-state index contributed by atoms with van der Waals surface area (Å²) in [5.74, 6) is 1.07. The molecule has 0 aromatic carbocycles. The summed E-state index contributed by atoms with van der Waals surface area (Å²) in [6, 6.07) is 0. The van der Waals surface area contributed by atoms with Crippen LogP contribution in [-0.4, -0.2) is 48.4 Å². The van der Waals surface area contributed by atoms with Gasteiger partial charge in [0.15, 0.2) is 5.17 Å². The van der Waals surface area contributed by atoms with Crippen LogP contribution in [0.1, 0.15) is 26.2 Å². The van der Waals surface area contributed by atoms with Gasteiger partial charge in [0.05, 0.1) is 6.54 Å². The molecule has 0 spiro atoms. The lowest BCUT2D eigenvalue weighted by Gasteiger charge is -2.15. The Morgan fingerprint density at radius 2 is 2.38 bits per heavy atom. The zero-order chi connectivity index (χ0) is 11.8. The molecule has 0 atom stereocenters. The topological polar surface area (TPSA) is 44.7 Å². The van der Waals surface area contributed by atoms with Gasteiger partial charge in [-0.1, -0.05) is 25.1 Å². The Labute approximate surface area is 102 Å². The first-order chi connectivity index (χ1) is 7.72. The van der Waals surface area contributed by atoms with Crippen molar-refractivity contribution < 1.29 is 4.79 Å². The molecule has 16 heavy (non-hydrogen) atoms. The second-order valence-electron chi connectivity index (χ2n) is 3.99. The molecule has 1 N–H and O–H groups in total. The lowest BCUT2D eigenvalue weighted by molar-refractivity contribution is -0.119. The molecule has 4 nitrogen and oxygen atoms in total. The Bertz CT molecular complexity index is 256. The predicted molar refractivity (Wildman–Crippen MR) is 69.9 cm³/mol. The van der Waals surface area contributed by atoms with Gasteiger partial charge >= 0.3 is 0 Å². The third kappa shape index (κ3) is 5.51. The molecule has 0 aromatic rings. The maximum absolute atomic E-state index is 11.5. The van der Waals surface area contributed by atoms with Crippen molar-refractivity contribution in [2.24, 2.45) is 4.99 Å². The monoisotopic (exact) mass is 243 g/mol. The normalized spacial score (nSPS) is 15.3. The minimum Gasteiger partial charge on any atom is -0.306 e. The number of nitrogens with zero attached hydrogens (tertiary/aromatic N) is 2. The van der Waals surface area contributed by atoms with E-state index in [9.17, 15) is 4.79 Å². The number of unbranched alkanes of at least 4 members (excludes halogenated alkanes) is 1. The zero-order valence-corrected chi connectivity index (χ0v) is 11.0. The fourth-order valence-corrected chi connectivity index (χ4v) is 2.17. The minimum atomic E-state index is 0.0801. The molecule has 1 aliphatic rings. The van der Waals surface area contributed by atoms with Crippen molar-refractivity contribution in [3.05, 3.63) is 0 Å². The first-order valence-corrected chi connectivity index (χ1v) is 6.86. The molecule has 0 aliphatic carbocycles. The van der Waals surface area contributed by atoms with Crippen molar-refractivity contribution in [2.45, 2.75) is 26.2 Å². The smallest absolute Gasteiger partial charge is 0.227 e. The molecule has 1 heterocycles. The van der Waals surface area contributed by atoms with E-state index in [4.69, 9.17) is 0 Å². The number of nitrogens with one attached hydrogen (secondary N) is 1. The molecule has 1 aliphatic heterocycles. The van der Waals surface area contributed by atoms with E-state index in [2.05, 4.69) is 29.2 Å². The highest BCUT2D eigenvalue weighted by Crippen LogP contribution is 2.08. The number of amidine groups is 1. The summed E-state index contributed by atoms with van der Waals surface area (Å²) in [5.41, 5.74) is 0. The van der Waals surface area contributed by atoms with Gasteiger partial charge in [-0.25, -0.2) is 0 Å². The van der Waals surface area contributed by atoms with Gasteiger partial charge < -0.3 is 10.2 Å². The fourth-order valence-electron chi connectivity index (χ4n) is 1.42. The number of thioether (sulfide) groups is 1. The zero-order valence-electron chi connectivity index (χ0n) is 10.2. The van der Waals surface area contributed by atoms with Crippen molar-refractivity contribution in [2.75, 3.05) is 32.4 Å². The van der Waals surface area contributed by atoms with Crippen molar-refractivity contribution in [1.82, 2.24) is 10.2 Å². The maximum Gasteiger partial charge on any atom is 0.227 e. The van der Waals surface area contributed by atoms with E-state index in [1.165, 1.54) is 12.8 Å². The van der Waals surface area contributed by atoms with Crippen LogP contribution in [0.15, 0.2) is 4.99 Å². The number of hydrogen-bond donors (Lipinski definition) is 1. The molecular weight excluding hydrogens is 222 g/mol. The predicted octanol–water partition coefficient (Wildman–Crippen LogP) is 1.33. The molecule has 0 radical (unpaired) electrons. The molecule has 1 amide bonds. The van der Waals surface area contributed by atoms with Gasteiger partial charge in [0, 0.05) is 18.7 Å². The van der Waals surface area contributed by atoms with E-state index in [0.29, 0.717) is 6.42 Å². The van der Waals surface area contributed by atoms with Crippen molar-refractivity contribution >= 4 is 22.8 Å². The van der Waals surface area contributed by atoms with E-state index in [0.717, 1.165) is 30.6 Å². The number of amides is 1. The molecular formula is C11H21N3OS. The van der Waals surface area contributed by atoms with Crippen LogP contribution >= 0.6 is 11.8 Å². The Hall–Kier alpha value is -0.550. The SMILES string of the molecule is CCCCN(C)CCC(=O)NC1=NCCS1. The van der Waals surface area contributed by atoms with E-state index in [1.54, 1.807) is 11.8 Å².